The maximum absolute atomic E-state index is 12.9. The molecule has 18 heavy (non-hydrogen) atoms. The molecule has 0 amide bonds. The first-order valence-corrected chi connectivity index (χ1v) is 6.53. The number of halogens is 3. The SMILES string of the molecule is Cc1cc(NCc2ccc(F)cc2Cl)cnc1Br. The van der Waals surface area contributed by atoms with Crippen LogP contribution in [0.25, 0.3) is 0 Å². The van der Waals surface area contributed by atoms with E-state index in [1.54, 1.807) is 12.3 Å². The van der Waals surface area contributed by atoms with Gasteiger partial charge in [0.15, 0.2) is 0 Å². The first-order chi connectivity index (χ1) is 8.56. The zero-order chi connectivity index (χ0) is 13.1. The van der Waals surface area contributed by atoms with Gasteiger partial charge in [0.2, 0.25) is 0 Å². The normalized spacial score (nSPS) is 10.4. The maximum atomic E-state index is 12.9. The maximum Gasteiger partial charge on any atom is 0.124 e. The number of anilines is 1. The summed E-state index contributed by atoms with van der Waals surface area (Å²) in [7, 11) is 0. The number of pyridine rings is 1. The van der Waals surface area contributed by atoms with E-state index in [9.17, 15) is 4.39 Å². The van der Waals surface area contributed by atoms with E-state index in [1.807, 2.05) is 13.0 Å². The van der Waals surface area contributed by atoms with Crippen LogP contribution in [-0.2, 0) is 6.54 Å². The molecule has 0 unspecified atom stereocenters. The Bertz CT molecular complexity index is 575. The number of benzene rings is 1. The van der Waals surface area contributed by atoms with Crippen LogP contribution in [0.1, 0.15) is 11.1 Å². The van der Waals surface area contributed by atoms with Crippen molar-refractivity contribution in [1.29, 1.82) is 0 Å². The van der Waals surface area contributed by atoms with Crippen LogP contribution in [-0.4, -0.2) is 4.98 Å². The highest BCUT2D eigenvalue weighted by molar-refractivity contribution is 9.10. The Labute approximate surface area is 118 Å². The van der Waals surface area contributed by atoms with Gasteiger partial charge in [-0.15, -0.1) is 0 Å². The largest absolute Gasteiger partial charge is 0.380 e. The number of nitrogens with zero attached hydrogens (tertiary/aromatic N) is 1. The number of hydrogen-bond donors (Lipinski definition) is 1. The smallest absolute Gasteiger partial charge is 0.124 e. The van der Waals surface area contributed by atoms with Gasteiger partial charge in [-0.25, -0.2) is 9.37 Å². The molecule has 94 valence electrons. The highest BCUT2D eigenvalue weighted by Gasteiger charge is 2.03. The van der Waals surface area contributed by atoms with Gasteiger partial charge in [-0.1, -0.05) is 17.7 Å². The lowest BCUT2D eigenvalue weighted by Crippen LogP contribution is -2.01. The summed E-state index contributed by atoms with van der Waals surface area (Å²) in [5.74, 6) is -0.329. The van der Waals surface area contributed by atoms with Crippen LogP contribution < -0.4 is 5.32 Å². The molecule has 0 radical (unpaired) electrons. The van der Waals surface area contributed by atoms with Crippen molar-refractivity contribution in [2.24, 2.45) is 0 Å². The van der Waals surface area contributed by atoms with E-state index >= 15 is 0 Å². The predicted molar refractivity (Wildman–Crippen MR) is 75.4 cm³/mol. The molecule has 2 rings (SSSR count). The summed E-state index contributed by atoms with van der Waals surface area (Å²) >= 11 is 9.29. The van der Waals surface area contributed by atoms with Gasteiger partial charge >= 0.3 is 0 Å². The van der Waals surface area contributed by atoms with Crippen LogP contribution in [0.4, 0.5) is 10.1 Å². The van der Waals surface area contributed by atoms with E-state index in [2.05, 4.69) is 26.2 Å². The van der Waals surface area contributed by atoms with Crippen molar-refractivity contribution < 1.29 is 4.39 Å². The fraction of sp³-hybridized carbons (Fsp3) is 0.154. The third-order valence-corrected chi connectivity index (χ3v) is 3.69. The van der Waals surface area contributed by atoms with Crippen LogP contribution >= 0.6 is 27.5 Å². The molecular formula is C13H11BrClFN2. The molecule has 1 aromatic carbocycles. The predicted octanol–water partition coefficient (Wildman–Crippen LogP) is 4.56. The van der Waals surface area contributed by atoms with Crippen molar-refractivity contribution in [2.75, 3.05) is 5.32 Å². The van der Waals surface area contributed by atoms with Crippen molar-refractivity contribution >= 4 is 33.2 Å². The minimum atomic E-state index is -0.329. The minimum absolute atomic E-state index is 0.329. The van der Waals surface area contributed by atoms with Gasteiger partial charge in [0.1, 0.15) is 10.4 Å². The van der Waals surface area contributed by atoms with Gasteiger partial charge in [0, 0.05) is 11.6 Å². The van der Waals surface area contributed by atoms with Crippen molar-refractivity contribution in [1.82, 2.24) is 4.98 Å². The molecule has 0 aliphatic rings. The Morgan fingerprint density at radius 3 is 2.83 bits per heavy atom. The molecule has 0 saturated heterocycles. The molecule has 0 atom stereocenters. The summed E-state index contributed by atoms with van der Waals surface area (Å²) < 4.78 is 13.7. The van der Waals surface area contributed by atoms with Crippen LogP contribution in [0.5, 0.6) is 0 Å². The monoisotopic (exact) mass is 328 g/mol. The van der Waals surface area contributed by atoms with E-state index in [0.717, 1.165) is 21.4 Å². The van der Waals surface area contributed by atoms with Gasteiger partial charge in [-0.2, -0.15) is 0 Å². The summed E-state index contributed by atoms with van der Waals surface area (Å²) in [5.41, 5.74) is 2.79. The Hall–Kier alpha value is -1.13. The van der Waals surface area contributed by atoms with Crippen LogP contribution in [0, 0.1) is 12.7 Å². The Morgan fingerprint density at radius 2 is 2.17 bits per heavy atom. The molecule has 5 heteroatoms. The quantitative estimate of drug-likeness (QED) is 0.835. The highest BCUT2D eigenvalue weighted by atomic mass is 79.9. The molecule has 0 fully saturated rings. The third-order valence-electron chi connectivity index (χ3n) is 2.51. The number of hydrogen-bond acceptors (Lipinski definition) is 2. The van der Waals surface area contributed by atoms with Crippen LogP contribution in [0.2, 0.25) is 5.02 Å². The van der Waals surface area contributed by atoms with Gasteiger partial charge in [0.25, 0.3) is 0 Å². The Kier molecular flexibility index (Phi) is 4.19. The van der Waals surface area contributed by atoms with E-state index < -0.39 is 0 Å². The van der Waals surface area contributed by atoms with E-state index in [1.165, 1.54) is 12.1 Å². The number of nitrogens with one attached hydrogen (secondary N) is 1. The molecule has 0 aliphatic heterocycles. The van der Waals surface area contributed by atoms with Crippen molar-refractivity contribution in [3.05, 3.63) is 57.0 Å². The van der Waals surface area contributed by atoms with E-state index in [-0.39, 0.29) is 5.82 Å². The fourth-order valence-corrected chi connectivity index (χ4v) is 1.97. The van der Waals surface area contributed by atoms with Gasteiger partial charge in [-0.05, 0) is 52.2 Å². The molecule has 0 aliphatic carbocycles. The standard InChI is InChI=1S/C13H11BrClFN2/c1-8-4-11(7-18-13(8)14)17-6-9-2-3-10(16)5-12(9)15/h2-5,7,17H,6H2,1H3. The lowest BCUT2D eigenvalue weighted by Gasteiger charge is -2.09. The molecule has 1 heterocycles. The summed E-state index contributed by atoms with van der Waals surface area (Å²) in [5, 5.41) is 3.62. The average molecular weight is 330 g/mol. The summed E-state index contributed by atoms with van der Waals surface area (Å²) in [4.78, 5) is 4.19. The molecular weight excluding hydrogens is 319 g/mol. The average Bonchev–Trinajstić information content (AvgIpc) is 2.32. The highest BCUT2D eigenvalue weighted by Crippen LogP contribution is 2.20. The molecule has 0 saturated carbocycles. The zero-order valence-electron chi connectivity index (χ0n) is 9.67. The van der Waals surface area contributed by atoms with Crippen molar-refractivity contribution in [3.8, 4) is 0 Å². The van der Waals surface area contributed by atoms with Crippen LogP contribution in [0.3, 0.4) is 0 Å². The molecule has 0 spiro atoms. The van der Waals surface area contributed by atoms with Gasteiger partial charge in [-0.3, -0.25) is 0 Å². The first kappa shape index (κ1) is 13.3. The lowest BCUT2D eigenvalue weighted by molar-refractivity contribution is 0.627. The second kappa shape index (κ2) is 5.67. The van der Waals surface area contributed by atoms with E-state index in [4.69, 9.17) is 11.6 Å². The van der Waals surface area contributed by atoms with E-state index in [0.29, 0.717) is 11.6 Å². The number of aromatic nitrogens is 1. The zero-order valence-corrected chi connectivity index (χ0v) is 12.0. The second-order valence-corrected chi connectivity index (χ2v) is 5.08. The van der Waals surface area contributed by atoms with Gasteiger partial charge in [0.05, 0.1) is 11.9 Å². The minimum Gasteiger partial charge on any atom is -0.380 e. The summed E-state index contributed by atoms with van der Waals surface area (Å²) in [6, 6.07) is 6.36. The molecule has 0 bridgehead atoms. The number of rotatable bonds is 3. The molecule has 2 nitrogen and oxygen atoms in total. The molecule has 2 aromatic rings. The van der Waals surface area contributed by atoms with Crippen molar-refractivity contribution in [2.45, 2.75) is 13.5 Å². The molecule has 1 aromatic heterocycles. The second-order valence-electron chi connectivity index (χ2n) is 3.92. The summed E-state index contributed by atoms with van der Waals surface area (Å²) in [6.45, 7) is 2.50. The Balaban J connectivity index is 2.09. The fourth-order valence-electron chi connectivity index (χ4n) is 1.52. The van der Waals surface area contributed by atoms with Crippen LogP contribution in [0.15, 0.2) is 35.1 Å². The molecule has 1 N–H and O–H groups in total. The lowest BCUT2D eigenvalue weighted by atomic mass is 10.2. The third kappa shape index (κ3) is 3.21. The number of aryl methyl sites for hydroxylation is 1. The van der Waals surface area contributed by atoms with Crippen molar-refractivity contribution in [3.63, 3.8) is 0 Å². The first-order valence-electron chi connectivity index (χ1n) is 5.36. The van der Waals surface area contributed by atoms with Gasteiger partial charge < -0.3 is 5.32 Å². The Morgan fingerprint density at radius 1 is 1.39 bits per heavy atom. The topological polar surface area (TPSA) is 24.9 Å². The summed E-state index contributed by atoms with van der Waals surface area (Å²) in [6.07, 6.45) is 1.73.